The molecule has 158 valence electrons. The van der Waals surface area contributed by atoms with Crippen LogP contribution in [-0.2, 0) is 16.1 Å². The summed E-state index contributed by atoms with van der Waals surface area (Å²) in [7, 11) is 3.19. The predicted molar refractivity (Wildman–Crippen MR) is 123 cm³/mol. The highest BCUT2D eigenvalue weighted by Crippen LogP contribution is 2.24. The number of rotatable bonds is 4. The Bertz CT molecular complexity index is 864. The number of pyridine rings is 1. The topological polar surface area (TPSA) is 84.6 Å². The maximum Gasteiger partial charge on any atom is 0.310 e. The highest BCUT2D eigenvalue weighted by atomic mass is 127. The molecule has 0 radical (unpaired) electrons. The molecule has 0 aliphatic carbocycles. The first kappa shape index (κ1) is 23.1. The molecule has 0 spiro atoms. The number of aliphatic imine (C=N–C) groups is 1. The first-order valence-electron chi connectivity index (χ1n) is 9.45. The van der Waals surface area contributed by atoms with Crippen molar-refractivity contribution in [3.05, 3.63) is 41.3 Å². The number of aromatic nitrogens is 3. The van der Waals surface area contributed by atoms with Crippen LogP contribution in [0.5, 0.6) is 0 Å². The molecule has 9 heteroatoms. The highest BCUT2D eigenvalue weighted by molar-refractivity contribution is 14.0. The number of halogens is 1. The fourth-order valence-electron chi connectivity index (χ4n) is 3.62. The van der Waals surface area contributed by atoms with Crippen LogP contribution in [0.2, 0.25) is 0 Å². The molecule has 1 fully saturated rings. The normalized spacial score (nSPS) is 19.1. The number of carbonyl (C=O) groups excluding carboxylic acids is 1. The average molecular weight is 512 g/mol. The van der Waals surface area contributed by atoms with Crippen LogP contribution in [0, 0.1) is 25.7 Å². The van der Waals surface area contributed by atoms with Crippen molar-refractivity contribution >= 4 is 35.9 Å². The summed E-state index contributed by atoms with van der Waals surface area (Å²) in [5.41, 5.74) is 3.07. The zero-order chi connectivity index (χ0) is 20.3. The molecule has 1 aliphatic rings. The van der Waals surface area contributed by atoms with Crippen LogP contribution in [0.25, 0.3) is 5.82 Å². The first-order chi connectivity index (χ1) is 13.4. The van der Waals surface area contributed by atoms with Gasteiger partial charge in [-0.25, -0.2) is 9.67 Å². The number of carbonyl (C=O) groups is 1. The molecule has 1 saturated heterocycles. The summed E-state index contributed by atoms with van der Waals surface area (Å²) >= 11 is 0. The van der Waals surface area contributed by atoms with Gasteiger partial charge >= 0.3 is 5.97 Å². The molecule has 1 N–H and O–H groups in total. The second kappa shape index (κ2) is 10.0. The number of esters is 1. The summed E-state index contributed by atoms with van der Waals surface area (Å²) in [5.74, 6) is 1.53. The van der Waals surface area contributed by atoms with Crippen molar-refractivity contribution in [2.75, 3.05) is 27.2 Å². The zero-order valence-electron chi connectivity index (χ0n) is 17.5. The number of hydrogen-bond acceptors (Lipinski definition) is 5. The summed E-state index contributed by atoms with van der Waals surface area (Å²) < 4.78 is 6.75. The number of ether oxygens (including phenoxy) is 1. The summed E-state index contributed by atoms with van der Waals surface area (Å²) in [4.78, 5) is 22.9. The number of likely N-dealkylation sites (tertiary alicyclic amines) is 1. The quantitative estimate of drug-likeness (QED) is 0.293. The van der Waals surface area contributed by atoms with Gasteiger partial charge in [-0.1, -0.05) is 13.0 Å². The number of guanidine groups is 1. The fourth-order valence-corrected chi connectivity index (χ4v) is 3.62. The maximum atomic E-state index is 11.9. The Balaban J connectivity index is 0.00000300. The summed E-state index contributed by atoms with van der Waals surface area (Å²) in [6, 6.07) is 6.02. The third-order valence-electron chi connectivity index (χ3n) is 5.11. The van der Waals surface area contributed by atoms with Crippen molar-refractivity contribution in [3.63, 3.8) is 0 Å². The number of methoxy groups -OCH3 is 1. The lowest BCUT2D eigenvalue weighted by Crippen LogP contribution is -2.40. The molecular formula is C20H29IN6O2. The van der Waals surface area contributed by atoms with Gasteiger partial charge in [-0.05, 0) is 37.5 Å². The summed E-state index contributed by atoms with van der Waals surface area (Å²) in [5, 5.41) is 7.82. The molecule has 2 atom stereocenters. The molecule has 2 aromatic rings. The molecule has 3 rings (SSSR count). The molecule has 0 aromatic carbocycles. The van der Waals surface area contributed by atoms with E-state index in [0.29, 0.717) is 13.1 Å². The Hall–Kier alpha value is -2.17. The lowest BCUT2D eigenvalue weighted by molar-refractivity contribution is -0.145. The van der Waals surface area contributed by atoms with E-state index in [1.54, 1.807) is 7.05 Å². The van der Waals surface area contributed by atoms with E-state index in [-0.39, 0.29) is 41.8 Å². The van der Waals surface area contributed by atoms with Gasteiger partial charge in [0.25, 0.3) is 0 Å². The lowest BCUT2D eigenvalue weighted by Gasteiger charge is -2.21. The summed E-state index contributed by atoms with van der Waals surface area (Å²) in [6.07, 6.45) is 1.84. The van der Waals surface area contributed by atoms with Gasteiger partial charge in [0.05, 0.1) is 18.7 Å². The van der Waals surface area contributed by atoms with Gasteiger partial charge in [0.1, 0.15) is 0 Å². The second-order valence-corrected chi connectivity index (χ2v) is 7.28. The van der Waals surface area contributed by atoms with Crippen molar-refractivity contribution in [2.45, 2.75) is 27.3 Å². The maximum absolute atomic E-state index is 11.9. The van der Waals surface area contributed by atoms with E-state index in [1.807, 2.05) is 42.9 Å². The minimum absolute atomic E-state index is 0. The van der Waals surface area contributed by atoms with E-state index in [2.05, 4.69) is 32.2 Å². The number of nitrogens with zero attached hydrogens (tertiary/aromatic N) is 5. The standard InChI is InChI=1S/C20H28N6O2.HI/c1-13-11-25(12-17(13)19(27)28-5)20(21-4)23-10-16-6-7-18(22-9-16)26-15(3)8-14(2)24-26;/h6-9,13,17H,10-12H2,1-5H3,(H,21,23);1H. The Morgan fingerprint density at radius 2 is 2.10 bits per heavy atom. The van der Waals surface area contributed by atoms with Crippen LogP contribution in [0.15, 0.2) is 29.4 Å². The number of aryl methyl sites for hydroxylation is 2. The van der Waals surface area contributed by atoms with Gasteiger partial charge in [0.15, 0.2) is 11.8 Å². The van der Waals surface area contributed by atoms with Gasteiger partial charge in [-0.3, -0.25) is 9.79 Å². The molecule has 29 heavy (non-hydrogen) atoms. The Labute approximate surface area is 188 Å². The van der Waals surface area contributed by atoms with Crippen molar-refractivity contribution in [1.29, 1.82) is 0 Å². The van der Waals surface area contributed by atoms with Crippen LogP contribution < -0.4 is 5.32 Å². The monoisotopic (exact) mass is 512 g/mol. The zero-order valence-corrected chi connectivity index (χ0v) is 19.9. The van der Waals surface area contributed by atoms with E-state index in [0.717, 1.165) is 35.3 Å². The van der Waals surface area contributed by atoms with Crippen LogP contribution in [0.1, 0.15) is 23.9 Å². The van der Waals surface area contributed by atoms with Crippen LogP contribution >= 0.6 is 24.0 Å². The minimum atomic E-state index is -0.158. The minimum Gasteiger partial charge on any atom is -0.469 e. The lowest BCUT2D eigenvalue weighted by atomic mass is 9.99. The third-order valence-corrected chi connectivity index (χ3v) is 5.11. The van der Waals surface area contributed by atoms with E-state index in [1.165, 1.54) is 7.11 Å². The largest absolute Gasteiger partial charge is 0.469 e. The van der Waals surface area contributed by atoms with Gasteiger partial charge in [-0.2, -0.15) is 5.10 Å². The van der Waals surface area contributed by atoms with Gasteiger partial charge < -0.3 is 15.0 Å². The predicted octanol–water partition coefficient (Wildman–Crippen LogP) is 2.32. The average Bonchev–Trinajstić information content (AvgIpc) is 3.24. The molecule has 3 heterocycles. The number of nitrogens with one attached hydrogen (secondary N) is 1. The molecule has 0 amide bonds. The van der Waals surface area contributed by atoms with Crippen molar-refractivity contribution in [1.82, 2.24) is 25.0 Å². The van der Waals surface area contributed by atoms with E-state index in [4.69, 9.17) is 4.74 Å². The van der Waals surface area contributed by atoms with E-state index < -0.39 is 0 Å². The SMILES string of the molecule is CN=C(NCc1ccc(-n2nc(C)cc2C)nc1)N1CC(C)C(C(=O)OC)C1.I. The van der Waals surface area contributed by atoms with Crippen molar-refractivity contribution in [3.8, 4) is 5.82 Å². The molecule has 2 unspecified atom stereocenters. The summed E-state index contributed by atoms with van der Waals surface area (Å²) in [6.45, 7) is 8.04. The Kier molecular flexibility index (Phi) is 8.00. The van der Waals surface area contributed by atoms with E-state index in [9.17, 15) is 4.79 Å². The van der Waals surface area contributed by atoms with Crippen LogP contribution in [0.4, 0.5) is 0 Å². The molecule has 8 nitrogen and oxygen atoms in total. The molecule has 0 saturated carbocycles. The third kappa shape index (κ3) is 5.26. The van der Waals surface area contributed by atoms with Crippen LogP contribution in [-0.4, -0.2) is 58.8 Å². The van der Waals surface area contributed by atoms with Crippen LogP contribution in [0.3, 0.4) is 0 Å². The molecule has 1 aliphatic heterocycles. The Morgan fingerprint density at radius 3 is 2.66 bits per heavy atom. The first-order valence-corrected chi connectivity index (χ1v) is 9.45. The molecule has 0 bridgehead atoms. The van der Waals surface area contributed by atoms with Crippen molar-refractivity contribution < 1.29 is 9.53 Å². The molecule has 2 aromatic heterocycles. The van der Waals surface area contributed by atoms with Gasteiger partial charge in [0.2, 0.25) is 0 Å². The smallest absolute Gasteiger partial charge is 0.310 e. The van der Waals surface area contributed by atoms with E-state index >= 15 is 0 Å². The van der Waals surface area contributed by atoms with Crippen molar-refractivity contribution in [2.24, 2.45) is 16.8 Å². The second-order valence-electron chi connectivity index (χ2n) is 7.28. The van der Waals surface area contributed by atoms with Gasteiger partial charge in [0, 0.05) is 38.6 Å². The fraction of sp³-hybridized carbons (Fsp3) is 0.500. The molecular weight excluding hydrogens is 483 g/mol. The van der Waals surface area contributed by atoms with Gasteiger partial charge in [-0.15, -0.1) is 24.0 Å². The number of hydrogen-bond donors (Lipinski definition) is 1. The highest BCUT2D eigenvalue weighted by Gasteiger charge is 2.36. The Morgan fingerprint density at radius 1 is 1.34 bits per heavy atom.